The number of carbonyl (C=O) groups is 1. The Morgan fingerprint density at radius 2 is 1.75 bits per heavy atom. The number of esters is 1. The summed E-state index contributed by atoms with van der Waals surface area (Å²) in [5.41, 5.74) is 3.94. The van der Waals surface area contributed by atoms with Crippen LogP contribution in [0.2, 0.25) is 0 Å². The fourth-order valence-corrected chi connectivity index (χ4v) is 7.34. The van der Waals surface area contributed by atoms with Gasteiger partial charge in [-0.25, -0.2) is 9.78 Å². The van der Waals surface area contributed by atoms with Crippen LogP contribution in [-0.2, 0) is 16.0 Å². The molecular formula is C37H42F3N9O3. The van der Waals surface area contributed by atoms with Crippen LogP contribution in [-0.4, -0.2) is 103 Å². The minimum absolute atomic E-state index is 0.0218. The van der Waals surface area contributed by atoms with Crippen molar-refractivity contribution in [2.75, 3.05) is 43.9 Å². The van der Waals surface area contributed by atoms with Crippen LogP contribution >= 0.6 is 0 Å². The SMILES string of the molecule is CCc1cnn([C@H]2C[C@@H](n3cnc4c(NCC(c5ccccc5)c5ccccc5)nc(N5CC[C@@H](N(C)C)C5)nc43)[C@H](O)[C@@H]2OC(=O)C(F)(F)F)c1. The topological polar surface area (TPSA) is 126 Å². The first-order chi connectivity index (χ1) is 25.0. The van der Waals surface area contributed by atoms with E-state index in [4.69, 9.17) is 19.7 Å². The first-order valence-electron chi connectivity index (χ1n) is 17.5. The molecule has 12 nitrogen and oxygen atoms in total. The number of hydrogen-bond donors (Lipinski definition) is 2. The van der Waals surface area contributed by atoms with Crippen molar-refractivity contribution in [3.05, 3.63) is 96.1 Å². The van der Waals surface area contributed by atoms with Gasteiger partial charge in [0, 0.05) is 37.8 Å². The van der Waals surface area contributed by atoms with Crippen molar-refractivity contribution >= 4 is 28.9 Å². The van der Waals surface area contributed by atoms with Gasteiger partial charge in [-0.05, 0) is 50.0 Å². The van der Waals surface area contributed by atoms with Gasteiger partial charge in [0.25, 0.3) is 0 Å². The highest BCUT2D eigenvalue weighted by Crippen LogP contribution is 2.43. The average Bonchev–Trinajstić information content (AvgIpc) is 3.95. The van der Waals surface area contributed by atoms with E-state index in [2.05, 4.69) is 44.5 Å². The molecule has 0 radical (unpaired) electrons. The normalized spacial score (nSPS) is 22.2. The van der Waals surface area contributed by atoms with Crippen molar-refractivity contribution in [2.45, 2.75) is 68.6 Å². The molecule has 2 aromatic carbocycles. The fraction of sp³-hybridized carbons (Fsp3) is 0.432. The van der Waals surface area contributed by atoms with Crippen molar-refractivity contribution in [3.8, 4) is 0 Å². The van der Waals surface area contributed by atoms with Crippen LogP contribution in [0.25, 0.3) is 11.2 Å². The standard InChI is InChI=1S/C37H42F3N9O3/c1-4-23-18-43-49(20-23)29-17-28(31(50)32(29)52-35(51)37(38,39)40)48-22-42-30-33(44-36(45-34(30)48)47-16-15-26(21-47)46(2)3)41-19-27(24-11-7-5-8-12-24)25-13-9-6-10-14-25/h5-14,18,20,22,26-29,31-32,50H,4,15-17,19,21H2,1-3H3,(H,41,44,45)/t26-,28-,29+,31+,32-/m1/s1. The molecule has 2 N–H and O–H groups in total. The summed E-state index contributed by atoms with van der Waals surface area (Å²) in [6, 6.07) is 18.9. The van der Waals surface area contributed by atoms with Gasteiger partial charge in [0.2, 0.25) is 5.95 Å². The molecule has 0 bridgehead atoms. The predicted octanol–water partition coefficient (Wildman–Crippen LogP) is 4.99. The molecule has 4 heterocycles. The van der Waals surface area contributed by atoms with Crippen LogP contribution in [0.5, 0.6) is 0 Å². The first-order valence-corrected chi connectivity index (χ1v) is 17.5. The zero-order valence-corrected chi connectivity index (χ0v) is 29.2. The second-order valence-corrected chi connectivity index (χ2v) is 13.7. The molecule has 274 valence electrons. The molecule has 1 saturated heterocycles. The van der Waals surface area contributed by atoms with Crippen LogP contribution in [0.3, 0.4) is 0 Å². The molecule has 7 rings (SSSR count). The lowest BCUT2D eigenvalue weighted by molar-refractivity contribution is -0.210. The van der Waals surface area contributed by atoms with Crippen LogP contribution in [0.4, 0.5) is 24.9 Å². The Kier molecular flexibility index (Phi) is 9.90. The molecular weight excluding hydrogens is 675 g/mol. The van der Waals surface area contributed by atoms with E-state index < -0.39 is 36.4 Å². The zero-order chi connectivity index (χ0) is 36.6. The number of rotatable bonds is 11. The van der Waals surface area contributed by atoms with E-state index in [0.717, 1.165) is 29.7 Å². The summed E-state index contributed by atoms with van der Waals surface area (Å²) in [6.45, 7) is 3.83. The number of anilines is 2. The quantitative estimate of drug-likeness (QED) is 0.181. The number of likely N-dealkylation sites (N-methyl/N-ethyl adjacent to an activating group) is 1. The Morgan fingerprint density at radius 1 is 1.06 bits per heavy atom. The summed E-state index contributed by atoms with van der Waals surface area (Å²) in [5.74, 6) is -1.42. The monoisotopic (exact) mass is 717 g/mol. The number of fused-ring (bicyclic) bond motifs is 1. The molecule has 0 unspecified atom stereocenters. The third kappa shape index (κ3) is 7.06. The molecule has 52 heavy (non-hydrogen) atoms. The molecule has 0 spiro atoms. The number of aromatic nitrogens is 6. The summed E-state index contributed by atoms with van der Waals surface area (Å²) in [6.07, 6.45) is -1.79. The zero-order valence-electron chi connectivity index (χ0n) is 29.2. The van der Waals surface area contributed by atoms with Gasteiger partial charge in [0.1, 0.15) is 6.10 Å². The average molecular weight is 718 g/mol. The Labute approximate surface area is 299 Å². The van der Waals surface area contributed by atoms with Gasteiger partial charge >= 0.3 is 12.1 Å². The molecule has 5 atom stereocenters. The molecule has 1 aliphatic carbocycles. The Hall–Kier alpha value is -5.02. The number of hydrogen-bond acceptors (Lipinski definition) is 10. The van der Waals surface area contributed by atoms with E-state index in [0.29, 0.717) is 48.5 Å². The Morgan fingerprint density at radius 3 is 2.35 bits per heavy atom. The molecule has 2 aliphatic rings. The van der Waals surface area contributed by atoms with Gasteiger partial charge in [-0.15, -0.1) is 0 Å². The summed E-state index contributed by atoms with van der Waals surface area (Å²) in [5, 5.41) is 19.6. The minimum Gasteiger partial charge on any atom is -0.451 e. The summed E-state index contributed by atoms with van der Waals surface area (Å²) < 4.78 is 48.4. The van der Waals surface area contributed by atoms with E-state index in [1.807, 2.05) is 57.4 Å². The lowest BCUT2D eigenvalue weighted by atomic mass is 9.91. The van der Waals surface area contributed by atoms with Gasteiger partial charge in [-0.1, -0.05) is 67.6 Å². The molecule has 5 aromatic rings. The van der Waals surface area contributed by atoms with Gasteiger partial charge < -0.3 is 29.5 Å². The first kappa shape index (κ1) is 35.4. The molecule has 0 amide bonds. The molecule has 1 saturated carbocycles. The summed E-state index contributed by atoms with van der Waals surface area (Å²) >= 11 is 0. The van der Waals surface area contributed by atoms with Crippen LogP contribution < -0.4 is 10.2 Å². The van der Waals surface area contributed by atoms with Crippen molar-refractivity contribution < 1.29 is 27.8 Å². The van der Waals surface area contributed by atoms with Gasteiger partial charge in [-0.3, -0.25) is 4.68 Å². The number of aryl methyl sites for hydroxylation is 1. The molecule has 2 fully saturated rings. The summed E-state index contributed by atoms with van der Waals surface area (Å²) in [4.78, 5) is 31.0. The smallest absolute Gasteiger partial charge is 0.451 e. The number of halogens is 3. The highest BCUT2D eigenvalue weighted by atomic mass is 19.4. The largest absolute Gasteiger partial charge is 0.490 e. The van der Waals surface area contributed by atoms with E-state index in [-0.39, 0.29) is 12.3 Å². The number of aliphatic hydroxyl groups excluding tert-OH is 1. The third-order valence-corrected chi connectivity index (χ3v) is 10.3. The van der Waals surface area contributed by atoms with E-state index >= 15 is 0 Å². The number of imidazole rings is 1. The van der Waals surface area contributed by atoms with Crippen molar-refractivity contribution in [1.29, 1.82) is 0 Å². The maximum Gasteiger partial charge on any atom is 0.490 e. The van der Waals surface area contributed by atoms with Crippen molar-refractivity contribution in [1.82, 2.24) is 34.2 Å². The number of nitrogens with zero attached hydrogens (tertiary/aromatic N) is 8. The van der Waals surface area contributed by atoms with Crippen molar-refractivity contribution in [2.24, 2.45) is 0 Å². The molecule has 1 aliphatic heterocycles. The second kappa shape index (κ2) is 14.5. The maximum atomic E-state index is 13.4. The third-order valence-electron chi connectivity index (χ3n) is 10.3. The lowest BCUT2D eigenvalue weighted by Crippen LogP contribution is -2.39. The Balaban J connectivity index is 1.27. The minimum atomic E-state index is -5.23. The van der Waals surface area contributed by atoms with Gasteiger partial charge in [-0.2, -0.15) is 28.2 Å². The number of aliphatic hydroxyl groups is 1. The van der Waals surface area contributed by atoms with E-state index in [1.165, 1.54) is 11.0 Å². The fourth-order valence-electron chi connectivity index (χ4n) is 7.34. The van der Waals surface area contributed by atoms with Gasteiger partial charge in [0.05, 0.1) is 24.6 Å². The van der Waals surface area contributed by atoms with Crippen molar-refractivity contribution in [3.63, 3.8) is 0 Å². The molecule has 3 aromatic heterocycles. The Bertz CT molecular complexity index is 1950. The number of nitrogens with one attached hydrogen (secondary N) is 1. The highest BCUT2D eigenvalue weighted by molar-refractivity contribution is 5.84. The molecule has 15 heteroatoms. The maximum absolute atomic E-state index is 13.4. The summed E-state index contributed by atoms with van der Waals surface area (Å²) in [7, 11) is 4.08. The van der Waals surface area contributed by atoms with Crippen LogP contribution in [0, 0.1) is 0 Å². The van der Waals surface area contributed by atoms with Crippen LogP contribution in [0.15, 0.2) is 79.4 Å². The lowest BCUT2D eigenvalue weighted by Gasteiger charge is -2.24. The van der Waals surface area contributed by atoms with Crippen LogP contribution in [0.1, 0.15) is 54.5 Å². The number of benzene rings is 2. The number of alkyl halides is 3. The van der Waals surface area contributed by atoms with E-state index in [1.54, 1.807) is 17.0 Å². The predicted molar refractivity (Wildman–Crippen MR) is 189 cm³/mol. The second-order valence-electron chi connectivity index (χ2n) is 13.7. The van der Waals surface area contributed by atoms with Gasteiger partial charge in [0.15, 0.2) is 23.1 Å². The van der Waals surface area contributed by atoms with E-state index in [9.17, 15) is 23.1 Å². The number of ether oxygens (including phenoxy) is 1. The number of carbonyl (C=O) groups excluding carboxylic acids is 1. The highest BCUT2D eigenvalue weighted by Gasteiger charge is 2.51.